The van der Waals surface area contributed by atoms with Crippen molar-refractivity contribution in [1.29, 1.82) is 0 Å². The number of aryl methyl sites for hydroxylation is 3. The Bertz CT molecular complexity index is 1790. The van der Waals surface area contributed by atoms with E-state index in [1.165, 1.54) is 16.7 Å². The molecule has 5 rings (SSSR count). The Hall–Kier alpha value is -4.04. The van der Waals surface area contributed by atoms with Gasteiger partial charge in [0.05, 0.1) is 0 Å². The first-order valence-electron chi connectivity index (χ1n) is 13.4. The maximum absolute atomic E-state index is 11.4. The normalized spacial score (nSPS) is 11.4. The third kappa shape index (κ3) is 8.99. The summed E-state index contributed by atoms with van der Waals surface area (Å²) < 4.78 is 28.9. The highest BCUT2D eigenvalue weighted by atomic mass is 31.3. The fourth-order valence-corrected chi connectivity index (χ4v) is 5.57. The number of benzene rings is 5. The molecule has 228 valence electrons. The van der Waals surface area contributed by atoms with Crippen LogP contribution in [-0.2, 0) is 13.4 Å². The predicted molar refractivity (Wildman–Crippen MR) is 170 cm³/mol. The van der Waals surface area contributed by atoms with E-state index in [-0.39, 0.29) is 5.75 Å². The van der Waals surface area contributed by atoms with E-state index in [0.717, 1.165) is 44.9 Å². The van der Waals surface area contributed by atoms with E-state index in [1.54, 1.807) is 0 Å². The van der Waals surface area contributed by atoms with Crippen LogP contribution in [0.4, 0.5) is 0 Å². The molecular formula is C33H32O9P2. The van der Waals surface area contributed by atoms with Crippen molar-refractivity contribution in [3.05, 3.63) is 126 Å². The molecule has 0 aliphatic heterocycles. The molecule has 5 aromatic carbocycles. The quantitative estimate of drug-likeness (QED) is 0.111. The molecule has 5 aromatic rings. The molecule has 0 aliphatic rings. The van der Waals surface area contributed by atoms with Crippen molar-refractivity contribution in [2.45, 2.75) is 20.8 Å². The Morgan fingerprint density at radius 2 is 0.977 bits per heavy atom. The molecule has 0 bridgehead atoms. The van der Waals surface area contributed by atoms with Gasteiger partial charge in [-0.1, -0.05) is 108 Å². The average Bonchev–Trinajstić information content (AvgIpc) is 2.95. The van der Waals surface area contributed by atoms with Crippen molar-refractivity contribution in [1.82, 2.24) is 0 Å². The highest BCUT2D eigenvalue weighted by molar-refractivity contribution is 7.60. The van der Waals surface area contributed by atoms with Gasteiger partial charge in [-0.15, -0.1) is 0 Å². The van der Waals surface area contributed by atoms with Gasteiger partial charge < -0.3 is 29.4 Å². The van der Waals surface area contributed by atoms with Crippen LogP contribution >= 0.6 is 15.6 Å². The summed E-state index contributed by atoms with van der Waals surface area (Å²) in [5.74, 6) is 1.69. The van der Waals surface area contributed by atoms with Gasteiger partial charge in [-0.05, 0) is 55.7 Å². The summed E-state index contributed by atoms with van der Waals surface area (Å²) >= 11 is 0. The molecule has 9 nitrogen and oxygen atoms in total. The van der Waals surface area contributed by atoms with E-state index in [2.05, 4.69) is 73.6 Å². The second kappa shape index (κ2) is 13.7. The number of phosphoric acid groups is 2. The second-order valence-electron chi connectivity index (χ2n) is 10.1. The molecule has 11 heteroatoms. The van der Waals surface area contributed by atoms with Crippen molar-refractivity contribution >= 4 is 15.6 Å². The number of ether oxygens (including phenoxy) is 1. The maximum Gasteiger partial charge on any atom is 0.478 e. The van der Waals surface area contributed by atoms with E-state index >= 15 is 0 Å². The third-order valence-corrected chi connectivity index (χ3v) is 8.18. The van der Waals surface area contributed by atoms with Crippen LogP contribution in [0.5, 0.6) is 17.2 Å². The van der Waals surface area contributed by atoms with Crippen LogP contribution in [0.15, 0.2) is 109 Å². The van der Waals surface area contributed by atoms with Crippen LogP contribution in [-0.4, -0.2) is 24.7 Å². The van der Waals surface area contributed by atoms with Gasteiger partial charge in [0.2, 0.25) is 0 Å². The lowest BCUT2D eigenvalue weighted by atomic mass is 9.88. The van der Waals surface area contributed by atoms with Gasteiger partial charge >= 0.3 is 15.6 Å². The Labute approximate surface area is 255 Å². The molecular weight excluding hydrogens is 602 g/mol. The summed E-state index contributed by atoms with van der Waals surface area (Å²) in [6.45, 7) is 6.20. The van der Waals surface area contributed by atoms with Gasteiger partial charge in [0.15, 0.2) is 0 Å². The van der Waals surface area contributed by atoms with E-state index in [1.807, 2.05) is 60.7 Å². The standard InChI is InChI=1S/C33H28O2.H4O7P2/c1-22-9-15-26(16-10-22)31-30(34)21-29(25-7-5-4-6-8-25)33(35-28-19-13-24(3)14-20-28)32(31)27-17-11-23(2)12-18-27;1-8(2,3)7-9(4,5)6/h4-21,34H,1-3H3;(H2,1,2,3)(H2,4,5,6). The summed E-state index contributed by atoms with van der Waals surface area (Å²) in [4.78, 5) is 31.0. The maximum atomic E-state index is 11.4. The highest BCUT2D eigenvalue weighted by Crippen LogP contribution is 2.54. The predicted octanol–water partition coefficient (Wildman–Crippen LogP) is 8.30. The number of hydrogen-bond donors (Lipinski definition) is 5. The Balaban J connectivity index is 0.000000429. The summed E-state index contributed by atoms with van der Waals surface area (Å²) in [5, 5.41) is 11.4. The molecule has 0 heterocycles. The summed E-state index contributed by atoms with van der Waals surface area (Å²) in [6, 6.07) is 36.6. The average molecular weight is 635 g/mol. The topological polar surface area (TPSA) is 154 Å². The molecule has 0 spiro atoms. The summed E-state index contributed by atoms with van der Waals surface area (Å²) in [5.41, 5.74) is 8.90. The van der Waals surface area contributed by atoms with Crippen LogP contribution in [0.2, 0.25) is 0 Å². The molecule has 0 saturated carbocycles. The lowest BCUT2D eigenvalue weighted by molar-refractivity contribution is 0.225. The smallest absolute Gasteiger partial charge is 0.478 e. The zero-order valence-electron chi connectivity index (χ0n) is 24.2. The van der Waals surface area contributed by atoms with Crippen molar-refractivity contribution in [2.75, 3.05) is 0 Å². The van der Waals surface area contributed by atoms with E-state index in [9.17, 15) is 14.2 Å². The van der Waals surface area contributed by atoms with Crippen LogP contribution in [0.3, 0.4) is 0 Å². The fraction of sp³-hybridized carbons (Fsp3) is 0.0909. The zero-order chi connectivity index (χ0) is 32.1. The first kappa shape index (κ1) is 32.9. The molecule has 0 atom stereocenters. The van der Waals surface area contributed by atoms with Gasteiger partial charge in [0.25, 0.3) is 0 Å². The monoisotopic (exact) mass is 634 g/mol. The molecule has 0 radical (unpaired) electrons. The Morgan fingerprint density at radius 1 is 0.545 bits per heavy atom. The minimum atomic E-state index is -5.05. The number of aromatic hydroxyl groups is 1. The van der Waals surface area contributed by atoms with Gasteiger partial charge in [0.1, 0.15) is 17.2 Å². The van der Waals surface area contributed by atoms with Crippen molar-refractivity contribution in [2.24, 2.45) is 0 Å². The second-order valence-corrected chi connectivity index (χ2v) is 12.7. The molecule has 0 fully saturated rings. The van der Waals surface area contributed by atoms with Crippen LogP contribution < -0.4 is 4.74 Å². The van der Waals surface area contributed by atoms with Crippen molar-refractivity contribution in [3.8, 4) is 50.6 Å². The van der Waals surface area contributed by atoms with Crippen molar-refractivity contribution in [3.63, 3.8) is 0 Å². The molecule has 0 aliphatic carbocycles. The van der Waals surface area contributed by atoms with Crippen LogP contribution in [0, 0.1) is 20.8 Å². The minimum absolute atomic E-state index is 0.222. The molecule has 5 N–H and O–H groups in total. The van der Waals surface area contributed by atoms with Gasteiger partial charge in [0, 0.05) is 16.7 Å². The Kier molecular flexibility index (Phi) is 10.3. The molecule has 0 aromatic heterocycles. The number of hydrogen-bond acceptors (Lipinski definition) is 5. The highest BCUT2D eigenvalue weighted by Gasteiger charge is 2.28. The largest absolute Gasteiger partial charge is 0.507 e. The van der Waals surface area contributed by atoms with Gasteiger partial charge in [-0.2, -0.15) is 4.31 Å². The van der Waals surface area contributed by atoms with E-state index in [4.69, 9.17) is 24.3 Å². The SMILES string of the molecule is Cc1ccc(Oc2c(-c3ccccc3)cc(O)c(-c3ccc(C)cc3)c2-c2ccc(C)cc2)cc1.O=P(O)(O)OP(=O)(O)O. The lowest BCUT2D eigenvalue weighted by Crippen LogP contribution is -1.97. The van der Waals surface area contributed by atoms with E-state index in [0.29, 0.717) is 0 Å². The first-order chi connectivity index (χ1) is 20.7. The fourth-order valence-electron chi connectivity index (χ4n) is 4.46. The van der Waals surface area contributed by atoms with Crippen molar-refractivity contribution < 1.29 is 42.9 Å². The van der Waals surface area contributed by atoms with Crippen LogP contribution in [0.25, 0.3) is 33.4 Å². The minimum Gasteiger partial charge on any atom is -0.507 e. The Morgan fingerprint density at radius 3 is 1.41 bits per heavy atom. The van der Waals surface area contributed by atoms with Crippen LogP contribution in [0.1, 0.15) is 16.7 Å². The van der Waals surface area contributed by atoms with Gasteiger partial charge in [-0.25, -0.2) is 9.13 Å². The number of phenols is 1. The first-order valence-corrected chi connectivity index (χ1v) is 16.4. The number of rotatable bonds is 7. The number of phenolic OH excluding ortho intramolecular Hbond substituents is 1. The molecule has 0 unspecified atom stereocenters. The van der Waals surface area contributed by atoms with E-state index < -0.39 is 15.6 Å². The third-order valence-electron chi connectivity index (χ3n) is 6.48. The molecule has 44 heavy (non-hydrogen) atoms. The summed E-state index contributed by atoms with van der Waals surface area (Å²) in [6.07, 6.45) is 0. The van der Waals surface area contributed by atoms with Gasteiger partial charge in [-0.3, -0.25) is 0 Å². The molecule has 0 saturated heterocycles. The zero-order valence-corrected chi connectivity index (χ0v) is 25.9. The summed E-state index contributed by atoms with van der Waals surface area (Å²) in [7, 11) is -10.1. The molecule has 0 amide bonds. The lowest BCUT2D eigenvalue weighted by Gasteiger charge is -2.22.